The zero-order valence-corrected chi connectivity index (χ0v) is 14.2. The van der Waals surface area contributed by atoms with Crippen LogP contribution in [-0.4, -0.2) is 28.6 Å². The van der Waals surface area contributed by atoms with Gasteiger partial charge in [0.15, 0.2) is 5.82 Å². The lowest BCUT2D eigenvalue weighted by Crippen LogP contribution is -2.40. The first-order valence-electron chi connectivity index (χ1n) is 7.90. The highest BCUT2D eigenvalue weighted by molar-refractivity contribution is 5.85. The molecule has 7 heteroatoms. The summed E-state index contributed by atoms with van der Waals surface area (Å²) < 4.78 is 5.19. The van der Waals surface area contributed by atoms with E-state index in [0.29, 0.717) is 37.1 Å². The van der Waals surface area contributed by atoms with E-state index in [1.165, 1.54) is 0 Å². The number of rotatable bonds is 9. The molecule has 1 fully saturated rings. The number of nitrogens with one attached hydrogen (secondary N) is 1. The molecule has 1 aliphatic rings. The molecule has 22 heavy (non-hydrogen) atoms. The minimum Gasteiger partial charge on any atom is -0.352 e. The number of nitrogens with zero attached hydrogens (tertiary/aromatic N) is 2. The minimum absolute atomic E-state index is 0. The number of amides is 1. The number of carbonyl (C=O) groups excluding carboxylic acids is 1. The third kappa shape index (κ3) is 6.32. The summed E-state index contributed by atoms with van der Waals surface area (Å²) in [6.07, 6.45) is 5.09. The monoisotopic (exact) mass is 330 g/mol. The number of aromatic nitrogens is 2. The zero-order chi connectivity index (χ0) is 15.2. The van der Waals surface area contributed by atoms with Crippen LogP contribution in [0.3, 0.4) is 0 Å². The topological polar surface area (TPSA) is 94.0 Å². The van der Waals surface area contributed by atoms with E-state index >= 15 is 0 Å². The standard InChI is InChI=1S/C15H26N4O2.ClH/c1-10(2)8-12(9-16)17-13(20)4-3-5-14-18-15(19-21-14)11-6-7-11;/h10-12H,3-9,16H2,1-2H3,(H,17,20);1H. The van der Waals surface area contributed by atoms with Gasteiger partial charge in [0.1, 0.15) is 0 Å². The van der Waals surface area contributed by atoms with Crippen LogP contribution in [0.5, 0.6) is 0 Å². The fraction of sp³-hybridized carbons (Fsp3) is 0.800. The summed E-state index contributed by atoms with van der Waals surface area (Å²) >= 11 is 0. The van der Waals surface area contributed by atoms with Crippen LogP contribution >= 0.6 is 12.4 Å². The highest BCUT2D eigenvalue weighted by Gasteiger charge is 2.28. The Morgan fingerprint density at radius 1 is 1.45 bits per heavy atom. The van der Waals surface area contributed by atoms with Gasteiger partial charge >= 0.3 is 0 Å². The van der Waals surface area contributed by atoms with Gasteiger partial charge in [-0.1, -0.05) is 19.0 Å². The molecular formula is C15H27ClN4O2. The van der Waals surface area contributed by atoms with Crippen molar-refractivity contribution in [1.82, 2.24) is 15.5 Å². The van der Waals surface area contributed by atoms with Gasteiger partial charge in [-0.25, -0.2) is 0 Å². The van der Waals surface area contributed by atoms with Gasteiger partial charge in [0.25, 0.3) is 0 Å². The SMILES string of the molecule is CC(C)CC(CN)NC(=O)CCCc1nc(C2CC2)no1.Cl. The molecule has 0 aromatic carbocycles. The maximum Gasteiger partial charge on any atom is 0.226 e. The summed E-state index contributed by atoms with van der Waals surface area (Å²) in [5.74, 6) is 2.55. The molecule has 0 saturated heterocycles. The van der Waals surface area contributed by atoms with Crippen LogP contribution in [-0.2, 0) is 11.2 Å². The van der Waals surface area contributed by atoms with Gasteiger partial charge < -0.3 is 15.6 Å². The lowest BCUT2D eigenvalue weighted by atomic mass is 10.0. The summed E-state index contributed by atoms with van der Waals surface area (Å²) in [6, 6.07) is 0.0716. The van der Waals surface area contributed by atoms with Crippen molar-refractivity contribution in [3.63, 3.8) is 0 Å². The van der Waals surface area contributed by atoms with Crippen LogP contribution in [0.25, 0.3) is 0 Å². The van der Waals surface area contributed by atoms with E-state index in [1.54, 1.807) is 0 Å². The molecule has 1 heterocycles. The molecule has 6 nitrogen and oxygen atoms in total. The largest absolute Gasteiger partial charge is 0.352 e. The van der Waals surface area contributed by atoms with Gasteiger partial charge in [-0.2, -0.15) is 4.98 Å². The number of halogens is 1. The fourth-order valence-electron chi connectivity index (χ4n) is 2.36. The van der Waals surface area contributed by atoms with Crippen molar-refractivity contribution in [3.05, 3.63) is 11.7 Å². The quantitative estimate of drug-likeness (QED) is 0.723. The molecule has 126 valence electrons. The predicted molar refractivity (Wildman–Crippen MR) is 86.9 cm³/mol. The Morgan fingerprint density at radius 2 is 2.18 bits per heavy atom. The van der Waals surface area contributed by atoms with Crippen molar-refractivity contribution >= 4 is 18.3 Å². The first-order valence-corrected chi connectivity index (χ1v) is 7.90. The summed E-state index contributed by atoms with van der Waals surface area (Å²) in [6.45, 7) is 4.74. The third-order valence-electron chi connectivity index (χ3n) is 3.63. The molecule has 0 radical (unpaired) electrons. The van der Waals surface area contributed by atoms with Crippen LogP contribution in [0.2, 0.25) is 0 Å². The minimum atomic E-state index is 0. The Hall–Kier alpha value is -1.14. The Balaban J connectivity index is 0.00000242. The van der Waals surface area contributed by atoms with Crippen molar-refractivity contribution in [2.45, 2.75) is 64.3 Å². The Labute approximate surface area is 138 Å². The second-order valence-corrected chi connectivity index (χ2v) is 6.30. The average molecular weight is 331 g/mol. The molecule has 0 spiro atoms. The Morgan fingerprint density at radius 3 is 2.77 bits per heavy atom. The van der Waals surface area contributed by atoms with E-state index in [2.05, 4.69) is 29.3 Å². The molecule has 1 atom stereocenters. The summed E-state index contributed by atoms with van der Waals surface area (Å²) in [4.78, 5) is 16.2. The lowest BCUT2D eigenvalue weighted by Gasteiger charge is -2.18. The highest BCUT2D eigenvalue weighted by Crippen LogP contribution is 2.38. The third-order valence-corrected chi connectivity index (χ3v) is 3.63. The van der Waals surface area contributed by atoms with Gasteiger partial charge in [0, 0.05) is 31.3 Å². The van der Waals surface area contributed by atoms with E-state index < -0.39 is 0 Å². The Bertz CT molecular complexity index is 460. The second kappa shape index (κ2) is 9.10. The van der Waals surface area contributed by atoms with Gasteiger partial charge in [0.2, 0.25) is 11.8 Å². The highest BCUT2D eigenvalue weighted by atomic mass is 35.5. The maximum absolute atomic E-state index is 11.9. The van der Waals surface area contributed by atoms with Gasteiger partial charge in [0.05, 0.1) is 0 Å². The maximum atomic E-state index is 11.9. The smallest absolute Gasteiger partial charge is 0.226 e. The predicted octanol–water partition coefficient (Wildman–Crippen LogP) is 2.18. The molecule has 1 aromatic rings. The van der Waals surface area contributed by atoms with Crippen LogP contribution in [0, 0.1) is 5.92 Å². The zero-order valence-electron chi connectivity index (χ0n) is 13.4. The van der Waals surface area contributed by atoms with Crippen LogP contribution in [0.15, 0.2) is 4.52 Å². The molecule has 2 rings (SSSR count). The van der Waals surface area contributed by atoms with Crippen molar-refractivity contribution in [1.29, 1.82) is 0 Å². The number of hydrogen-bond acceptors (Lipinski definition) is 5. The number of aryl methyl sites for hydroxylation is 1. The molecule has 1 aromatic heterocycles. The summed E-state index contributed by atoms with van der Waals surface area (Å²) in [5.41, 5.74) is 5.68. The van der Waals surface area contributed by atoms with Gasteiger partial charge in [-0.15, -0.1) is 12.4 Å². The molecule has 3 N–H and O–H groups in total. The van der Waals surface area contributed by atoms with Crippen LogP contribution in [0.4, 0.5) is 0 Å². The van der Waals surface area contributed by atoms with Crippen LogP contribution in [0.1, 0.15) is 63.6 Å². The molecular weight excluding hydrogens is 304 g/mol. The average Bonchev–Trinajstić information content (AvgIpc) is 3.18. The molecule has 1 aliphatic carbocycles. The molecule has 0 aliphatic heterocycles. The van der Waals surface area contributed by atoms with E-state index in [-0.39, 0.29) is 24.4 Å². The molecule has 1 unspecified atom stereocenters. The summed E-state index contributed by atoms with van der Waals surface area (Å²) in [5, 5.41) is 6.95. The fourth-order valence-corrected chi connectivity index (χ4v) is 2.36. The first kappa shape index (κ1) is 18.9. The van der Waals surface area contributed by atoms with Crippen molar-refractivity contribution in [2.24, 2.45) is 11.7 Å². The van der Waals surface area contributed by atoms with Crippen molar-refractivity contribution in [2.75, 3.05) is 6.54 Å². The van der Waals surface area contributed by atoms with Gasteiger partial charge in [-0.3, -0.25) is 4.79 Å². The van der Waals surface area contributed by atoms with E-state index in [4.69, 9.17) is 10.3 Å². The Kier molecular flexibility index (Phi) is 7.82. The second-order valence-electron chi connectivity index (χ2n) is 6.30. The van der Waals surface area contributed by atoms with E-state index in [1.807, 2.05) is 0 Å². The molecule has 1 saturated carbocycles. The summed E-state index contributed by atoms with van der Waals surface area (Å²) in [7, 11) is 0. The molecule has 1 amide bonds. The normalized spacial score (nSPS) is 15.5. The van der Waals surface area contributed by atoms with Crippen molar-refractivity contribution < 1.29 is 9.32 Å². The number of nitrogens with two attached hydrogens (primary N) is 1. The molecule has 0 bridgehead atoms. The number of carbonyl (C=O) groups is 1. The van der Waals surface area contributed by atoms with E-state index in [0.717, 1.165) is 31.5 Å². The lowest BCUT2D eigenvalue weighted by molar-refractivity contribution is -0.121. The number of hydrogen-bond donors (Lipinski definition) is 2. The van der Waals surface area contributed by atoms with Crippen molar-refractivity contribution in [3.8, 4) is 0 Å². The van der Waals surface area contributed by atoms with Crippen LogP contribution < -0.4 is 11.1 Å². The van der Waals surface area contributed by atoms with Gasteiger partial charge in [-0.05, 0) is 31.6 Å². The first-order chi connectivity index (χ1) is 10.1. The van der Waals surface area contributed by atoms with E-state index in [9.17, 15) is 4.79 Å².